The van der Waals surface area contributed by atoms with Gasteiger partial charge < -0.3 is 14.4 Å². The second kappa shape index (κ2) is 9.14. The number of morpholine rings is 1. The van der Waals surface area contributed by atoms with Gasteiger partial charge in [0, 0.05) is 18.8 Å². The van der Waals surface area contributed by atoms with E-state index in [0.29, 0.717) is 5.71 Å². The minimum Gasteiger partial charge on any atom is -0.481 e. The molecule has 2 aromatic carbocycles. The summed E-state index contributed by atoms with van der Waals surface area (Å²) < 4.78 is 24.0. The van der Waals surface area contributed by atoms with Crippen LogP contribution in [0.4, 0.5) is 10.1 Å². The molecule has 7 heteroatoms. The third kappa shape index (κ3) is 5.27. The van der Waals surface area contributed by atoms with Crippen LogP contribution in [0.5, 0.6) is 5.75 Å². The lowest BCUT2D eigenvalue weighted by atomic mass is 10.1. The number of amides is 1. The largest absolute Gasteiger partial charge is 0.481 e. The molecule has 0 saturated carbocycles. The first-order chi connectivity index (χ1) is 13.1. The van der Waals surface area contributed by atoms with Crippen molar-refractivity contribution >= 4 is 17.3 Å². The topological polar surface area (TPSA) is 63.2 Å². The van der Waals surface area contributed by atoms with Gasteiger partial charge in [-0.3, -0.25) is 4.79 Å². The van der Waals surface area contributed by atoms with E-state index < -0.39 is 11.7 Å². The summed E-state index contributed by atoms with van der Waals surface area (Å²) in [4.78, 5) is 14.1. The number of ether oxygens (including phenoxy) is 2. The Morgan fingerprint density at radius 3 is 2.59 bits per heavy atom. The predicted molar refractivity (Wildman–Crippen MR) is 102 cm³/mol. The summed E-state index contributed by atoms with van der Waals surface area (Å²) in [6.07, 6.45) is 0. The molecular weight excluding hydrogens is 349 g/mol. The van der Waals surface area contributed by atoms with Crippen LogP contribution in [-0.4, -0.2) is 44.5 Å². The van der Waals surface area contributed by atoms with Crippen molar-refractivity contribution in [1.29, 1.82) is 0 Å². The molecule has 1 heterocycles. The fourth-order valence-corrected chi connectivity index (χ4v) is 2.68. The van der Waals surface area contributed by atoms with Crippen molar-refractivity contribution in [2.24, 2.45) is 5.10 Å². The number of halogens is 1. The van der Waals surface area contributed by atoms with Gasteiger partial charge in [0.15, 0.2) is 18.2 Å². The quantitative estimate of drug-likeness (QED) is 0.626. The van der Waals surface area contributed by atoms with E-state index >= 15 is 0 Å². The van der Waals surface area contributed by atoms with Crippen LogP contribution in [0, 0.1) is 5.82 Å². The first-order valence-corrected chi connectivity index (χ1v) is 8.77. The maximum absolute atomic E-state index is 13.4. The van der Waals surface area contributed by atoms with Gasteiger partial charge in [0.25, 0.3) is 5.91 Å². The predicted octanol–water partition coefficient (Wildman–Crippen LogP) is 2.58. The van der Waals surface area contributed by atoms with Crippen LogP contribution in [0.3, 0.4) is 0 Å². The van der Waals surface area contributed by atoms with Crippen LogP contribution in [0.25, 0.3) is 0 Å². The first-order valence-electron chi connectivity index (χ1n) is 8.77. The summed E-state index contributed by atoms with van der Waals surface area (Å²) in [5.74, 6) is -0.931. The van der Waals surface area contributed by atoms with E-state index in [1.807, 2.05) is 31.2 Å². The van der Waals surface area contributed by atoms with Crippen molar-refractivity contribution in [2.45, 2.75) is 6.92 Å². The van der Waals surface area contributed by atoms with Crippen molar-refractivity contribution in [3.63, 3.8) is 0 Å². The third-order valence-corrected chi connectivity index (χ3v) is 4.21. The van der Waals surface area contributed by atoms with E-state index in [9.17, 15) is 9.18 Å². The van der Waals surface area contributed by atoms with Crippen molar-refractivity contribution in [3.8, 4) is 5.75 Å². The SMILES string of the molecule is C/C(=N/NC(=O)COc1ccccc1F)c1ccc(N2CCOCC2)cc1. The molecule has 1 aliphatic heterocycles. The molecule has 1 fully saturated rings. The summed E-state index contributed by atoms with van der Waals surface area (Å²) in [6, 6.07) is 13.9. The van der Waals surface area contributed by atoms with Gasteiger partial charge in [-0.1, -0.05) is 24.3 Å². The second-order valence-corrected chi connectivity index (χ2v) is 6.10. The summed E-state index contributed by atoms with van der Waals surface area (Å²) in [5.41, 5.74) is 5.13. The Bertz CT molecular complexity index is 802. The number of hydrogen-bond donors (Lipinski definition) is 1. The molecule has 1 aliphatic rings. The first kappa shape index (κ1) is 18.8. The van der Waals surface area contributed by atoms with Gasteiger partial charge in [0.1, 0.15) is 0 Å². The Morgan fingerprint density at radius 1 is 1.19 bits per heavy atom. The Balaban J connectivity index is 1.52. The van der Waals surface area contributed by atoms with Crippen molar-refractivity contribution in [2.75, 3.05) is 37.8 Å². The maximum Gasteiger partial charge on any atom is 0.277 e. The van der Waals surface area contributed by atoms with Crippen LogP contribution in [0.2, 0.25) is 0 Å². The Morgan fingerprint density at radius 2 is 1.89 bits per heavy atom. The highest BCUT2D eigenvalue weighted by Crippen LogP contribution is 2.17. The maximum atomic E-state index is 13.4. The highest BCUT2D eigenvalue weighted by atomic mass is 19.1. The van der Waals surface area contributed by atoms with Crippen LogP contribution in [0.1, 0.15) is 12.5 Å². The molecule has 0 bridgehead atoms. The zero-order chi connectivity index (χ0) is 19.1. The number of carbonyl (C=O) groups is 1. The number of hydrogen-bond acceptors (Lipinski definition) is 5. The van der Waals surface area contributed by atoms with E-state index in [1.165, 1.54) is 12.1 Å². The van der Waals surface area contributed by atoms with Gasteiger partial charge in [-0.2, -0.15) is 5.10 Å². The number of anilines is 1. The van der Waals surface area contributed by atoms with Gasteiger partial charge in [0.2, 0.25) is 0 Å². The smallest absolute Gasteiger partial charge is 0.277 e. The van der Waals surface area contributed by atoms with Gasteiger partial charge in [-0.05, 0) is 36.8 Å². The molecule has 1 N–H and O–H groups in total. The molecule has 0 aromatic heterocycles. The molecule has 3 rings (SSSR count). The van der Waals surface area contributed by atoms with Gasteiger partial charge >= 0.3 is 0 Å². The summed E-state index contributed by atoms with van der Waals surface area (Å²) in [5, 5.41) is 4.08. The fourth-order valence-electron chi connectivity index (χ4n) is 2.68. The molecule has 0 radical (unpaired) electrons. The lowest BCUT2D eigenvalue weighted by molar-refractivity contribution is -0.123. The summed E-state index contributed by atoms with van der Waals surface area (Å²) in [7, 11) is 0. The van der Waals surface area contributed by atoms with Gasteiger partial charge in [0.05, 0.1) is 18.9 Å². The normalized spacial score (nSPS) is 14.7. The van der Waals surface area contributed by atoms with E-state index in [4.69, 9.17) is 9.47 Å². The Kier molecular flexibility index (Phi) is 6.38. The van der Waals surface area contributed by atoms with Crippen molar-refractivity contribution < 1.29 is 18.7 Å². The van der Waals surface area contributed by atoms with Gasteiger partial charge in [-0.25, -0.2) is 9.82 Å². The van der Waals surface area contributed by atoms with E-state index in [2.05, 4.69) is 15.4 Å². The Hall–Kier alpha value is -2.93. The minimum atomic E-state index is -0.509. The number of para-hydroxylation sites is 1. The lowest BCUT2D eigenvalue weighted by Gasteiger charge is -2.28. The average Bonchev–Trinajstić information content (AvgIpc) is 2.72. The number of rotatable bonds is 6. The third-order valence-electron chi connectivity index (χ3n) is 4.21. The molecule has 0 unspecified atom stereocenters. The van der Waals surface area contributed by atoms with Crippen LogP contribution < -0.4 is 15.1 Å². The number of benzene rings is 2. The lowest BCUT2D eigenvalue weighted by Crippen LogP contribution is -2.36. The highest BCUT2D eigenvalue weighted by Gasteiger charge is 2.11. The minimum absolute atomic E-state index is 0.0343. The van der Waals surface area contributed by atoms with E-state index in [1.54, 1.807) is 12.1 Å². The molecule has 0 aliphatic carbocycles. The number of carbonyl (C=O) groups excluding carboxylic acids is 1. The highest BCUT2D eigenvalue weighted by molar-refractivity contribution is 5.99. The van der Waals surface area contributed by atoms with Gasteiger partial charge in [-0.15, -0.1) is 0 Å². The van der Waals surface area contributed by atoms with E-state index in [-0.39, 0.29) is 12.4 Å². The molecular formula is C20H22FN3O3. The molecule has 142 valence electrons. The molecule has 1 saturated heterocycles. The molecule has 27 heavy (non-hydrogen) atoms. The zero-order valence-electron chi connectivity index (χ0n) is 15.2. The number of nitrogens with zero attached hydrogens (tertiary/aromatic N) is 2. The number of nitrogens with one attached hydrogen (secondary N) is 1. The summed E-state index contributed by atoms with van der Waals surface area (Å²) in [6.45, 7) is 4.73. The van der Waals surface area contributed by atoms with Crippen molar-refractivity contribution in [3.05, 3.63) is 59.9 Å². The van der Waals surface area contributed by atoms with Crippen LogP contribution in [-0.2, 0) is 9.53 Å². The second-order valence-electron chi connectivity index (χ2n) is 6.10. The number of hydrazone groups is 1. The molecule has 2 aromatic rings. The Labute approximate surface area is 157 Å². The molecule has 0 atom stereocenters. The summed E-state index contributed by atoms with van der Waals surface area (Å²) >= 11 is 0. The van der Waals surface area contributed by atoms with Crippen LogP contribution >= 0.6 is 0 Å². The van der Waals surface area contributed by atoms with E-state index in [0.717, 1.165) is 37.6 Å². The molecule has 6 nitrogen and oxygen atoms in total. The monoisotopic (exact) mass is 371 g/mol. The molecule has 1 amide bonds. The fraction of sp³-hybridized carbons (Fsp3) is 0.300. The van der Waals surface area contributed by atoms with Crippen molar-refractivity contribution in [1.82, 2.24) is 5.43 Å². The standard InChI is InChI=1S/C20H22FN3O3/c1-15(16-6-8-17(9-7-16)24-10-12-26-13-11-24)22-23-20(25)14-27-19-5-3-2-4-18(19)21/h2-9H,10-14H2,1H3,(H,23,25)/b22-15-. The van der Waals surface area contributed by atoms with Crippen LogP contribution in [0.15, 0.2) is 53.6 Å². The molecule has 0 spiro atoms. The average molecular weight is 371 g/mol. The zero-order valence-corrected chi connectivity index (χ0v) is 15.2.